The average molecular weight is 579 g/mol. The van der Waals surface area contributed by atoms with Crippen LogP contribution in [0.2, 0.25) is 5.02 Å². The van der Waals surface area contributed by atoms with Gasteiger partial charge in [0.2, 0.25) is 5.88 Å². The zero-order valence-electron chi connectivity index (χ0n) is 21.1. The summed E-state index contributed by atoms with van der Waals surface area (Å²) < 4.78 is 48.1. The Morgan fingerprint density at radius 3 is 2.59 bits per heavy atom. The highest BCUT2D eigenvalue weighted by atomic mass is 35.5. The molecule has 2 aromatic carbocycles. The molecule has 0 atom stereocenters. The molecule has 0 bridgehead atoms. The van der Waals surface area contributed by atoms with Crippen LogP contribution in [0.15, 0.2) is 41.3 Å². The summed E-state index contributed by atoms with van der Waals surface area (Å²) in [5, 5.41) is 4.72. The van der Waals surface area contributed by atoms with Gasteiger partial charge < -0.3 is 9.64 Å². The predicted molar refractivity (Wildman–Crippen MR) is 145 cm³/mol. The Bertz CT molecular complexity index is 1450. The van der Waals surface area contributed by atoms with Crippen LogP contribution in [0, 0.1) is 0 Å². The highest BCUT2D eigenvalue weighted by molar-refractivity contribution is 8.18. The third-order valence-electron chi connectivity index (χ3n) is 6.73. The predicted octanol–water partition coefficient (Wildman–Crippen LogP) is 6.29. The Morgan fingerprint density at radius 1 is 1.10 bits per heavy atom. The number of hydrogen-bond acceptors (Lipinski definition) is 6. The number of hydrogen-bond donors (Lipinski definition) is 0. The number of benzene rings is 2. The number of ether oxygens (including phenoxy) is 1. The quantitative estimate of drug-likeness (QED) is 0.293. The molecule has 2 aliphatic heterocycles. The van der Waals surface area contributed by atoms with Crippen LogP contribution < -0.4 is 4.74 Å². The minimum absolute atomic E-state index is 0.00324. The van der Waals surface area contributed by atoms with Gasteiger partial charge in [-0.25, -0.2) is 0 Å². The fraction of sp³-hybridized carbons (Fsp3) is 0.370. The normalized spacial score (nSPS) is 17.8. The van der Waals surface area contributed by atoms with Crippen molar-refractivity contribution in [2.24, 2.45) is 0 Å². The Balaban J connectivity index is 1.42. The summed E-state index contributed by atoms with van der Waals surface area (Å²) in [4.78, 5) is 29.3. The van der Waals surface area contributed by atoms with Crippen LogP contribution in [0.5, 0.6) is 5.88 Å². The van der Waals surface area contributed by atoms with E-state index in [0.717, 1.165) is 43.8 Å². The molecule has 2 fully saturated rings. The minimum atomic E-state index is -4.57. The molecular formula is C27H26ClF3N4O3S. The summed E-state index contributed by atoms with van der Waals surface area (Å²) in [6, 6.07) is 8.88. The number of thioether (sulfide) groups is 1. The van der Waals surface area contributed by atoms with Gasteiger partial charge in [-0.05, 0) is 86.1 Å². The number of rotatable bonds is 8. The summed E-state index contributed by atoms with van der Waals surface area (Å²) in [6.07, 6.45) is -0.660. The maximum absolute atomic E-state index is 13.7. The molecule has 1 aromatic heterocycles. The summed E-state index contributed by atoms with van der Waals surface area (Å²) in [6.45, 7) is 4.93. The van der Waals surface area contributed by atoms with E-state index in [0.29, 0.717) is 41.1 Å². The first-order valence-corrected chi connectivity index (χ1v) is 13.8. The summed E-state index contributed by atoms with van der Waals surface area (Å²) in [7, 11) is 0. The minimum Gasteiger partial charge on any atom is -0.476 e. The van der Waals surface area contributed by atoms with Crippen molar-refractivity contribution in [2.75, 3.05) is 32.8 Å². The van der Waals surface area contributed by atoms with E-state index in [2.05, 4.69) is 10.00 Å². The lowest BCUT2D eigenvalue weighted by atomic mass is 10.1. The van der Waals surface area contributed by atoms with Gasteiger partial charge in [0.05, 0.1) is 34.5 Å². The highest BCUT2D eigenvalue weighted by Gasteiger charge is 2.36. The molecular weight excluding hydrogens is 553 g/mol. The smallest absolute Gasteiger partial charge is 0.416 e. The number of likely N-dealkylation sites (tertiary alicyclic amines) is 1. The number of halogens is 4. The number of fused-ring (bicyclic) bond motifs is 1. The zero-order valence-corrected chi connectivity index (χ0v) is 22.7. The van der Waals surface area contributed by atoms with E-state index in [1.54, 1.807) is 31.2 Å². The first kappa shape index (κ1) is 27.5. The van der Waals surface area contributed by atoms with Crippen LogP contribution in [0.1, 0.15) is 36.5 Å². The summed E-state index contributed by atoms with van der Waals surface area (Å²) >= 11 is 6.73. The molecule has 206 valence electrons. The number of imide groups is 1. The maximum Gasteiger partial charge on any atom is 0.416 e. The Hall–Kier alpha value is -3.02. The molecule has 2 amide bonds. The van der Waals surface area contributed by atoms with Crippen molar-refractivity contribution in [3.8, 4) is 5.88 Å². The van der Waals surface area contributed by atoms with Crippen LogP contribution in [-0.4, -0.2) is 63.5 Å². The lowest BCUT2D eigenvalue weighted by molar-refractivity contribution is -0.138. The number of aromatic nitrogens is 2. The maximum atomic E-state index is 13.7. The molecule has 2 saturated heterocycles. The Morgan fingerprint density at radius 2 is 1.87 bits per heavy atom. The number of nitrogens with zero attached hydrogens (tertiary/aromatic N) is 4. The van der Waals surface area contributed by atoms with Gasteiger partial charge in [-0.3, -0.25) is 19.2 Å². The molecule has 0 radical (unpaired) electrons. The van der Waals surface area contributed by atoms with E-state index >= 15 is 0 Å². The van der Waals surface area contributed by atoms with Gasteiger partial charge in [-0.15, -0.1) is 5.10 Å². The van der Waals surface area contributed by atoms with Gasteiger partial charge in [0.1, 0.15) is 0 Å². The van der Waals surface area contributed by atoms with Gasteiger partial charge in [-0.2, -0.15) is 13.2 Å². The van der Waals surface area contributed by atoms with Crippen molar-refractivity contribution >= 4 is 51.5 Å². The van der Waals surface area contributed by atoms with Gasteiger partial charge in [0.25, 0.3) is 11.1 Å². The van der Waals surface area contributed by atoms with E-state index in [1.807, 2.05) is 0 Å². The SMILES string of the molecule is CCOc1nn(Cc2ccc(Cl)cc2C(F)(F)F)c2ccc(C=C3SC(=O)N(CCN4CCCC4)C3=O)cc12. The van der Waals surface area contributed by atoms with Gasteiger partial charge in [0, 0.05) is 18.1 Å². The molecule has 2 aliphatic rings. The van der Waals surface area contributed by atoms with E-state index in [4.69, 9.17) is 16.3 Å². The number of carbonyl (C=O) groups excluding carboxylic acids is 2. The molecule has 5 rings (SSSR count). The van der Waals surface area contributed by atoms with E-state index in [9.17, 15) is 22.8 Å². The van der Waals surface area contributed by atoms with Crippen molar-refractivity contribution < 1.29 is 27.5 Å². The van der Waals surface area contributed by atoms with Crippen LogP contribution >= 0.6 is 23.4 Å². The van der Waals surface area contributed by atoms with Crippen molar-refractivity contribution in [1.82, 2.24) is 19.6 Å². The molecule has 12 heteroatoms. The largest absolute Gasteiger partial charge is 0.476 e. The van der Waals surface area contributed by atoms with E-state index in [1.165, 1.54) is 21.7 Å². The molecule has 39 heavy (non-hydrogen) atoms. The van der Waals surface area contributed by atoms with Crippen molar-refractivity contribution in [2.45, 2.75) is 32.5 Å². The number of amides is 2. The Labute approximate surface area is 232 Å². The molecule has 3 heterocycles. The van der Waals surface area contributed by atoms with E-state index < -0.39 is 11.7 Å². The lowest BCUT2D eigenvalue weighted by Crippen LogP contribution is -2.36. The number of alkyl halides is 3. The summed E-state index contributed by atoms with van der Waals surface area (Å²) in [5.74, 6) is -0.0589. The van der Waals surface area contributed by atoms with Crippen LogP contribution in [0.25, 0.3) is 17.0 Å². The van der Waals surface area contributed by atoms with Crippen LogP contribution in [0.3, 0.4) is 0 Å². The first-order chi connectivity index (χ1) is 18.6. The second kappa shape index (κ2) is 11.2. The molecule has 7 nitrogen and oxygen atoms in total. The van der Waals surface area contributed by atoms with Crippen molar-refractivity contribution in [3.05, 3.63) is 63.0 Å². The average Bonchev–Trinajstić information content (AvgIpc) is 3.58. The van der Waals surface area contributed by atoms with Gasteiger partial charge in [0.15, 0.2) is 0 Å². The van der Waals surface area contributed by atoms with Crippen molar-refractivity contribution in [3.63, 3.8) is 0 Å². The van der Waals surface area contributed by atoms with Gasteiger partial charge >= 0.3 is 6.18 Å². The molecule has 0 spiro atoms. The fourth-order valence-corrected chi connectivity index (χ4v) is 5.86. The second-order valence-electron chi connectivity index (χ2n) is 9.35. The topological polar surface area (TPSA) is 67.7 Å². The van der Waals surface area contributed by atoms with Crippen LogP contribution in [0.4, 0.5) is 18.0 Å². The Kier molecular flexibility index (Phi) is 7.93. The van der Waals surface area contributed by atoms with Crippen LogP contribution in [-0.2, 0) is 17.5 Å². The molecule has 0 saturated carbocycles. The monoisotopic (exact) mass is 578 g/mol. The van der Waals surface area contributed by atoms with Gasteiger partial charge in [-0.1, -0.05) is 23.7 Å². The summed E-state index contributed by atoms with van der Waals surface area (Å²) in [5.41, 5.74) is 0.410. The van der Waals surface area contributed by atoms with E-state index in [-0.39, 0.29) is 34.2 Å². The molecule has 3 aromatic rings. The fourth-order valence-electron chi connectivity index (χ4n) is 4.82. The molecule has 0 unspecified atom stereocenters. The third kappa shape index (κ3) is 5.95. The number of carbonyl (C=O) groups is 2. The standard InChI is InChI=1S/C27H26ClF3N4O3S/c1-2-38-24-20-13-17(14-23-25(36)34(26(37)39-23)12-11-33-9-3-4-10-33)5-8-22(20)35(32-24)16-18-6-7-19(28)15-21(18)27(29,30)31/h5-8,13-15H,2-4,9-12,16H2,1H3. The zero-order chi connectivity index (χ0) is 27.7. The first-order valence-electron chi connectivity index (χ1n) is 12.6. The van der Waals surface area contributed by atoms with Crippen molar-refractivity contribution in [1.29, 1.82) is 0 Å². The highest BCUT2D eigenvalue weighted by Crippen LogP contribution is 2.36. The third-order valence-corrected chi connectivity index (χ3v) is 7.87. The second-order valence-corrected chi connectivity index (χ2v) is 10.8. The lowest BCUT2D eigenvalue weighted by Gasteiger charge is -2.18. The molecule has 0 N–H and O–H groups in total. The molecule has 0 aliphatic carbocycles.